The predicted octanol–water partition coefficient (Wildman–Crippen LogP) is 3.56. The first-order chi connectivity index (χ1) is 8.47. The Morgan fingerprint density at radius 1 is 1.06 bits per heavy atom. The Balaban J connectivity index is 2.30. The first-order valence-corrected chi connectivity index (χ1v) is 7.60. The average Bonchev–Trinajstić information content (AvgIpc) is 2.29. The summed E-state index contributed by atoms with van der Waals surface area (Å²) in [6.07, 6.45) is 0. The Hall–Kier alpha value is -1.33. The van der Waals surface area contributed by atoms with Crippen LogP contribution in [0.2, 0.25) is 0 Å². The van der Waals surface area contributed by atoms with E-state index in [0.717, 1.165) is 10.0 Å². The van der Waals surface area contributed by atoms with Crippen LogP contribution in [0.4, 0.5) is 5.69 Å². The number of rotatable bonds is 3. The SMILES string of the molecule is Cc1ccc(S(=O)(=O)Nc2cccc(Br)c2)cc1. The number of nitrogens with one attached hydrogen (secondary N) is 1. The van der Waals surface area contributed by atoms with Gasteiger partial charge < -0.3 is 0 Å². The highest BCUT2D eigenvalue weighted by Crippen LogP contribution is 2.19. The van der Waals surface area contributed by atoms with Gasteiger partial charge in [-0.1, -0.05) is 39.7 Å². The van der Waals surface area contributed by atoms with Crippen molar-refractivity contribution < 1.29 is 8.42 Å². The van der Waals surface area contributed by atoms with Gasteiger partial charge in [-0.25, -0.2) is 8.42 Å². The van der Waals surface area contributed by atoms with Crippen LogP contribution in [-0.4, -0.2) is 8.42 Å². The van der Waals surface area contributed by atoms with Gasteiger partial charge in [0.1, 0.15) is 0 Å². The number of hydrogen-bond acceptors (Lipinski definition) is 2. The lowest BCUT2D eigenvalue weighted by Crippen LogP contribution is -2.12. The van der Waals surface area contributed by atoms with Gasteiger partial charge in [0, 0.05) is 10.2 Å². The first kappa shape index (κ1) is 13.1. The molecule has 0 fully saturated rings. The molecular weight excluding hydrogens is 314 g/mol. The van der Waals surface area contributed by atoms with Crippen molar-refractivity contribution in [3.8, 4) is 0 Å². The van der Waals surface area contributed by atoms with Gasteiger partial charge in [0.05, 0.1) is 4.90 Å². The van der Waals surface area contributed by atoms with Gasteiger partial charge in [-0.15, -0.1) is 0 Å². The molecular formula is C13H12BrNO2S. The number of aryl methyl sites for hydroxylation is 1. The van der Waals surface area contributed by atoms with Crippen molar-refractivity contribution in [3.63, 3.8) is 0 Å². The highest BCUT2D eigenvalue weighted by molar-refractivity contribution is 9.10. The van der Waals surface area contributed by atoms with Crippen molar-refractivity contribution in [1.29, 1.82) is 0 Å². The molecule has 0 spiro atoms. The third kappa shape index (κ3) is 3.11. The van der Waals surface area contributed by atoms with Gasteiger partial charge in [0.25, 0.3) is 10.0 Å². The molecule has 0 saturated carbocycles. The third-order valence-electron chi connectivity index (χ3n) is 2.41. The van der Waals surface area contributed by atoms with Gasteiger partial charge in [-0.2, -0.15) is 0 Å². The van der Waals surface area contributed by atoms with Crippen molar-refractivity contribution in [2.24, 2.45) is 0 Å². The fourth-order valence-electron chi connectivity index (χ4n) is 1.48. The summed E-state index contributed by atoms with van der Waals surface area (Å²) < 4.78 is 27.6. The maximum Gasteiger partial charge on any atom is 0.261 e. The van der Waals surface area contributed by atoms with Gasteiger partial charge in [-0.05, 0) is 37.3 Å². The average molecular weight is 326 g/mol. The molecule has 0 aliphatic heterocycles. The van der Waals surface area contributed by atoms with E-state index >= 15 is 0 Å². The molecule has 2 rings (SSSR count). The lowest BCUT2D eigenvalue weighted by Gasteiger charge is -2.08. The summed E-state index contributed by atoms with van der Waals surface area (Å²) in [5, 5.41) is 0. The molecule has 2 aromatic rings. The smallest absolute Gasteiger partial charge is 0.261 e. The van der Waals surface area contributed by atoms with Crippen molar-refractivity contribution >= 4 is 31.6 Å². The summed E-state index contributed by atoms with van der Waals surface area (Å²) >= 11 is 3.30. The molecule has 0 bridgehead atoms. The zero-order valence-corrected chi connectivity index (χ0v) is 12.1. The molecule has 0 aliphatic rings. The van der Waals surface area contributed by atoms with Crippen molar-refractivity contribution in [2.45, 2.75) is 11.8 Å². The van der Waals surface area contributed by atoms with E-state index in [-0.39, 0.29) is 4.90 Å². The van der Waals surface area contributed by atoms with E-state index in [1.54, 1.807) is 42.5 Å². The second kappa shape index (κ2) is 5.12. The quantitative estimate of drug-likeness (QED) is 0.937. The first-order valence-electron chi connectivity index (χ1n) is 5.32. The zero-order chi connectivity index (χ0) is 13.2. The molecule has 0 aliphatic carbocycles. The molecule has 0 heterocycles. The topological polar surface area (TPSA) is 46.2 Å². The Morgan fingerprint density at radius 2 is 1.72 bits per heavy atom. The number of anilines is 1. The largest absolute Gasteiger partial charge is 0.280 e. The normalized spacial score (nSPS) is 11.2. The van der Waals surface area contributed by atoms with Gasteiger partial charge in [-0.3, -0.25) is 4.72 Å². The molecule has 0 radical (unpaired) electrons. The minimum atomic E-state index is -3.52. The van der Waals surface area contributed by atoms with E-state index in [0.29, 0.717) is 5.69 Å². The van der Waals surface area contributed by atoms with E-state index in [4.69, 9.17) is 0 Å². The lowest BCUT2D eigenvalue weighted by molar-refractivity contribution is 0.601. The van der Waals surface area contributed by atoms with Gasteiger partial charge >= 0.3 is 0 Å². The standard InChI is InChI=1S/C13H12BrNO2S/c1-10-5-7-13(8-6-10)18(16,17)15-12-4-2-3-11(14)9-12/h2-9,15H,1H3. The molecule has 1 N–H and O–H groups in total. The molecule has 0 saturated heterocycles. The maximum atomic E-state index is 12.1. The van der Waals surface area contributed by atoms with Crippen LogP contribution in [0.3, 0.4) is 0 Å². The second-order valence-corrected chi connectivity index (χ2v) is 6.53. The molecule has 0 unspecified atom stereocenters. The Labute approximate surface area is 115 Å². The summed E-state index contributed by atoms with van der Waals surface area (Å²) in [6.45, 7) is 1.91. The van der Waals surface area contributed by atoms with Gasteiger partial charge in [0.15, 0.2) is 0 Å². The van der Waals surface area contributed by atoms with E-state index in [2.05, 4.69) is 20.7 Å². The minimum Gasteiger partial charge on any atom is -0.280 e. The van der Waals surface area contributed by atoms with Crippen LogP contribution >= 0.6 is 15.9 Å². The number of hydrogen-bond donors (Lipinski definition) is 1. The summed E-state index contributed by atoms with van der Waals surface area (Å²) in [7, 11) is -3.52. The van der Waals surface area contributed by atoms with Gasteiger partial charge in [0.2, 0.25) is 0 Å². The van der Waals surface area contributed by atoms with Crippen LogP contribution in [0, 0.1) is 6.92 Å². The van der Waals surface area contributed by atoms with Crippen molar-refractivity contribution in [2.75, 3.05) is 4.72 Å². The minimum absolute atomic E-state index is 0.257. The summed E-state index contributed by atoms with van der Waals surface area (Å²) in [5.74, 6) is 0. The molecule has 18 heavy (non-hydrogen) atoms. The number of halogens is 1. The molecule has 94 valence electrons. The van der Waals surface area contributed by atoms with E-state index in [9.17, 15) is 8.42 Å². The van der Waals surface area contributed by atoms with E-state index in [1.165, 1.54) is 0 Å². The van der Waals surface area contributed by atoms with E-state index in [1.807, 2.05) is 13.0 Å². The predicted molar refractivity (Wildman–Crippen MR) is 76.1 cm³/mol. The van der Waals surface area contributed by atoms with Crippen LogP contribution in [0.5, 0.6) is 0 Å². The monoisotopic (exact) mass is 325 g/mol. The molecule has 5 heteroatoms. The van der Waals surface area contributed by atoms with Crippen LogP contribution < -0.4 is 4.72 Å². The van der Waals surface area contributed by atoms with Crippen molar-refractivity contribution in [1.82, 2.24) is 0 Å². The number of sulfonamides is 1. The summed E-state index contributed by atoms with van der Waals surface area (Å²) in [5.41, 5.74) is 1.56. The highest BCUT2D eigenvalue weighted by atomic mass is 79.9. The number of benzene rings is 2. The molecule has 0 atom stereocenters. The third-order valence-corrected chi connectivity index (χ3v) is 4.30. The second-order valence-electron chi connectivity index (χ2n) is 3.93. The maximum absolute atomic E-state index is 12.1. The Morgan fingerprint density at radius 3 is 2.33 bits per heavy atom. The molecule has 0 amide bonds. The fourth-order valence-corrected chi connectivity index (χ4v) is 2.93. The molecule has 2 aromatic carbocycles. The fraction of sp³-hybridized carbons (Fsp3) is 0.0769. The van der Waals surface area contributed by atoms with Crippen molar-refractivity contribution in [3.05, 3.63) is 58.6 Å². The van der Waals surface area contributed by atoms with Crippen LogP contribution in [0.25, 0.3) is 0 Å². The Kier molecular flexibility index (Phi) is 3.73. The Bertz CT molecular complexity index is 651. The highest BCUT2D eigenvalue weighted by Gasteiger charge is 2.13. The molecule has 0 aromatic heterocycles. The van der Waals surface area contributed by atoms with E-state index < -0.39 is 10.0 Å². The summed E-state index contributed by atoms with van der Waals surface area (Å²) in [6, 6.07) is 13.8. The molecule has 3 nitrogen and oxygen atoms in total. The van der Waals surface area contributed by atoms with Crippen LogP contribution in [-0.2, 0) is 10.0 Å². The lowest BCUT2D eigenvalue weighted by atomic mass is 10.2. The summed E-state index contributed by atoms with van der Waals surface area (Å²) in [4.78, 5) is 0.257. The zero-order valence-electron chi connectivity index (χ0n) is 9.72. The van der Waals surface area contributed by atoms with Crippen LogP contribution in [0.15, 0.2) is 57.9 Å². The van der Waals surface area contributed by atoms with Crippen LogP contribution in [0.1, 0.15) is 5.56 Å².